The second-order valence-corrected chi connectivity index (χ2v) is 6.86. The van der Waals surface area contributed by atoms with Gasteiger partial charge in [0.15, 0.2) is 5.82 Å². The van der Waals surface area contributed by atoms with Crippen LogP contribution in [0.5, 0.6) is 0 Å². The van der Waals surface area contributed by atoms with Crippen LogP contribution in [0.2, 0.25) is 5.02 Å². The Labute approximate surface area is 153 Å². The molecule has 0 bridgehead atoms. The van der Waals surface area contributed by atoms with Crippen LogP contribution in [-0.4, -0.2) is 27.2 Å². The molecule has 3 rings (SSSR count). The SMILES string of the molecule is Cc1cc(C)n(-c2ccc(Cl)c(C(=O)NCCC3=CCCCC3)n2)n1. The Hall–Kier alpha value is -2.14. The van der Waals surface area contributed by atoms with Gasteiger partial charge in [0.25, 0.3) is 5.91 Å². The third-order valence-electron chi connectivity index (χ3n) is 4.39. The summed E-state index contributed by atoms with van der Waals surface area (Å²) in [7, 11) is 0. The molecule has 0 spiro atoms. The molecular weight excluding hydrogens is 336 g/mol. The van der Waals surface area contributed by atoms with Crippen molar-refractivity contribution in [2.24, 2.45) is 0 Å². The highest BCUT2D eigenvalue weighted by Crippen LogP contribution is 2.20. The molecule has 2 aromatic heterocycles. The number of aryl methyl sites for hydroxylation is 2. The minimum Gasteiger partial charge on any atom is -0.350 e. The van der Waals surface area contributed by atoms with E-state index in [0.29, 0.717) is 17.4 Å². The third-order valence-corrected chi connectivity index (χ3v) is 4.69. The van der Waals surface area contributed by atoms with Gasteiger partial charge < -0.3 is 5.32 Å². The molecular formula is C19H23ClN4O. The van der Waals surface area contributed by atoms with Crippen LogP contribution >= 0.6 is 11.6 Å². The van der Waals surface area contributed by atoms with E-state index < -0.39 is 0 Å². The Morgan fingerprint density at radius 3 is 2.84 bits per heavy atom. The molecule has 2 aromatic rings. The maximum atomic E-state index is 12.5. The van der Waals surface area contributed by atoms with Crippen molar-refractivity contribution in [3.05, 3.63) is 52.0 Å². The Kier molecular flexibility index (Phi) is 5.53. The molecule has 1 aliphatic carbocycles. The number of amides is 1. The summed E-state index contributed by atoms with van der Waals surface area (Å²) in [6.45, 7) is 4.48. The van der Waals surface area contributed by atoms with Gasteiger partial charge in [0.1, 0.15) is 5.69 Å². The summed E-state index contributed by atoms with van der Waals surface area (Å²) in [5.74, 6) is 0.347. The highest BCUT2D eigenvalue weighted by atomic mass is 35.5. The minimum atomic E-state index is -0.246. The lowest BCUT2D eigenvalue weighted by Crippen LogP contribution is -2.26. The van der Waals surface area contributed by atoms with Crippen molar-refractivity contribution in [3.63, 3.8) is 0 Å². The average Bonchev–Trinajstić information content (AvgIpc) is 2.94. The fourth-order valence-electron chi connectivity index (χ4n) is 3.12. The van der Waals surface area contributed by atoms with Gasteiger partial charge in [0.05, 0.1) is 10.7 Å². The van der Waals surface area contributed by atoms with Crippen LogP contribution in [0.4, 0.5) is 0 Å². The van der Waals surface area contributed by atoms with Gasteiger partial charge in [0, 0.05) is 12.2 Å². The van der Waals surface area contributed by atoms with Crippen LogP contribution in [0, 0.1) is 13.8 Å². The number of aromatic nitrogens is 3. The number of halogens is 1. The van der Waals surface area contributed by atoms with E-state index in [9.17, 15) is 4.79 Å². The lowest BCUT2D eigenvalue weighted by molar-refractivity contribution is 0.0949. The van der Waals surface area contributed by atoms with Crippen molar-refractivity contribution in [3.8, 4) is 5.82 Å². The van der Waals surface area contributed by atoms with E-state index in [1.165, 1.54) is 18.4 Å². The van der Waals surface area contributed by atoms with E-state index in [2.05, 4.69) is 21.5 Å². The fourth-order valence-corrected chi connectivity index (χ4v) is 3.31. The van der Waals surface area contributed by atoms with E-state index >= 15 is 0 Å². The maximum Gasteiger partial charge on any atom is 0.271 e. The van der Waals surface area contributed by atoms with Crippen LogP contribution in [0.25, 0.3) is 5.82 Å². The second kappa shape index (κ2) is 7.83. The van der Waals surface area contributed by atoms with Crippen molar-refractivity contribution >= 4 is 17.5 Å². The quantitative estimate of drug-likeness (QED) is 0.816. The number of pyridine rings is 1. The van der Waals surface area contributed by atoms with Crippen LogP contribution < -0.4 is 5.32 Å². The average molecular weight is 359 g/mol. The summed E-state index contributed by atoms with van der Waals surface area (Å²) < 4.78 is 1.72. The van der Waals surface area contributed by atoms with Crippen molar-refractivity contribution in [1.29, 1.82) is 0 Å². The molecule has 0 aromatic carbocycles. The zero-order chi connectivity index (χ0) is 17.8. The van der Waals surface area contributed by atoms with Gasteiger partial charge in [-0.05, 0) is 64.2 Å². The monoisotopic (exact) mass is 358 g/mol. The van der Waals surface area contributed by atoms with E-state index in [4.69, 9.17) is 11.6 Å². The number of hydrogen-bond acceptors (Lipinski definition) is 3. The van der Waals surface area contributed by atoms with Crippen molar-refractivity contribution in [2.45, 2.75) is 46.0 Å². The molecule has 1 N–H and O–H groups in total. The first kappa shape index (κ1) is 17.7. The van der Waals surface area contributed by atoms with Gasteiger partial charge in [-0.15, -0.1) is 0 Å². The molecule has 132 valence electrons. The molecule has 5 nitrogen and oxygen atoms in total. The normalized spacial score (nSPS) is 14.3. The molecule has 0 radical (unpaired) electrons. The van der Waals surface area contributed by atoms with Gasteiger partial charge in [-0.3, -0.25) is 4.79 Å². The van der Waals surface area contributed by atoms with Crippen molar-refractivity contribution in [2.75, 3.05) is 6.54 Å². The molecule has 0 saturated heterocycles. The predicted molar refractivity (Wildman–Crippen MR) is 99.3 cm³/mol. The Morgan fingerprint density at radius 2 is 2.16 bits per heavy atom. The van der Waals surface area contributed by atoms with Crippen molar-refractivity contribution < 1.29 is 4.79 Å². The molecule has 1 amide bonds. The number of carbonyl (C=O) groups excluding carboxylic acids is 1. The van der Waals surface area contributed by atoms with Crippen LogP contribution in [0.15, 0.2) is 29.8 Å². The molecule has 0 fully saturated rings. The van der Waals surface area contributed by atoms with E-state index in [1.54, 1.807) is 16.8 Å². The van der Waals surface area contributed by atoms with E-state index in [0.717, 1.165) is 30.7 Å². The highest BCUT2D eigenvalue weighted by molar-refractivity contribution is 6.33. The molecule has 25 heavy (non-hydrogen) atoms. The largest absolute Gasteiger partial charge is 0.350 e. The molecule has 6 heteroatoms. The predicted octanol–water partition coefficient (Wildman–Crippen LogP) is 4.16. The number of carbonyl (C=O) groups is 1. The van der Waals surface area contributed by atoms with Gasteiger partial charge in [-0.1, -0.05) is 23.3 Å². The smallest absolute Gasteiger partial charge is 0.271 e. The summed E-state index contributed by atoms with van der Waals surface area (Å²) in [5.41, 5.74) is 3.54. The van der Waals surface area contributed by atoms with Crippen LogP contribution in [-0.2, 0) is 0 Å². The summed E-state index contributed by atoms with van der Waals surface area (Å²) in [4.78, 5) is 16.9. The highest BCUT2D eigenvalue weighted by Gasteiger charge is 2.15. The molecule has 1 aliphatic rings. The van der Waals surface area contributed by atoms with Gasteiger partial charge in [-0.2, -0.15) is 5.10 Å². The lowest BCUT2D eigenvalue weighted by atomic mass is 9.97. The van der Waals surface area contributed by atoms with E-state index in [1.807, 2.05) is 19.9 Å². The Morgan fingerprint density at radius 1 is 1.32 bits per heavy atom. The molecule has 2 heterocycles. The summed E-state index contributed by atoms with van der Waals surface area (Å²) in [5, 5.41) is 7.68. The standard InChI is InChI=1S/C19H23ClN4O/c1-13-12-14(2)24(23-13)17-9-8-16(20)18(22-17)19(25)21-11-10-15-6-4-3-5-7-15/h6,8-9,12H,3-5,7,10-11H2,1-2H3,(H,21,25). The van der Waals surface area contributed by atoms with E-state index in [-0.39, 0.29) is 11.6 Å². The van der Waals surface area contributed by atoms with Crippen LogP contribution in [0.3, 0.4) is 0 Å². The zero-order valence-corrected chi connectivity index (χ0v) is 15.4. The second-order valence-electron chi connectivity index (χ2n) is 6.45. The van der Waals surface area contributed by atoms with Gasteiger partial charge in [0.2, 0.25) is 0 Å². The first-order valence-corrected chi connectivity index (χ1v) is 9.08. The fraction of sp³-hybridized carbons (Fsp3) is 0.421. The number of nitrogens with one attached hydrogen (secondary N) is 1. The molecule has 0 unspecified atom stereocenters. The number of rotatable bonds is 5. The third kappa shape index (κ3) is 4.28. The number of nitrogens with zero attached hydrogens (tertiary/aromatic N) is 3. The topological polar surface area (TPSA) is 59.8 Å². The van der Waals surface area contributed by atoms with Gasteiger partial charge >= 0.3 is 0 Å². The Bertz CT molecular complexity index is 810. The number of hydrogen-bond donors (Lipinski definition) is 1. The van der Waals surface area contributed by atoms with Crippen LogP contribution in [0.1, 0.15) is 54.0 Å². The Balaban J connectivity index is 1.70. The van der Waals surface area contributed by atoms with Crippen molar-refractivity contribution in [1.82, 2.24) is 20.1 Å². The molecule has 0 aliphatic heterocycles. The summed E-state index contributed by atoms with van der Waals surface area (Å²) in [6, 6.07) is 5.43. The molecule has 0 saturated carbocycles. The van der Waals surface area contributed by atoms with Gasteiger partial charge in [-0.25, -0.2) is 9.67 Å². The zero-order valence-electron chi connectivity index (χ0n) is 14.7. The lowest BCUT2D eigenvalue weighted by Gasteiger charge is -2.13. The minimum absolute atomic E-state index is 0.240. The number of allylic oxidation sites excluding steroid dienone is 1. The maximum absolute atomic E-state index is 12.5. The molecule has 0 atom stereocenters. The summed E-state index contributed by atoms with van der Waals surface area (Å²) >= 11 is 6.19. The first-order valence-electron chi connectivity index (χ1n) is 8.71. The summed E-state index contributed by atoms with van der Waals surface area (Å²) in [6.07, 6.45) is 8.00. The first-order chi connectivity index (χ1) is 12.0.